The van der Waals surface area contributed by atoms with E-state index in [1.165, 1.54) is 4.88 Å². The highest BCUT2D eigenvalue weighted by molar-refractivity contribution is 7.10. The maximum absolute atomic E-state index is 12.4. The molecule has 2 aromatic rings. The number of hydrogen-bond donors (Lipinski definition) is 2. The van der Waals surface area contributed by atoms with E-state index < -0.39 is 11.8 Å². The third-order valence-electron chi connectivity index (χ3n) is 4.61. The lowest BCUT2D eigenvalue weighted by atomic mass is 10.1. The monoisotopic (exact) mass is 387 g/mol. The highest BCUT2D eigenvalue weighted by Crippen LogP contribution is 2.29. The summed E-state index contributed by atoms with van der Waals surface area (Å²) in [5.41, 5.74) is 0.955. The third-order valence-corrected chi connectivity index (χ3v) is 5.55. The van der Waals surface area contributed by atoms with Crippen LogP contribution in [-0.4, -0.2) is 49.1 Å². The summed E-state index contributed by atoms with van der Waals surface area (Å²) in [6.45, 7) is 5.26. The summed E-state index contributed by atoms with van der Waals surface area (Å²) < 4.78 is 5.45. The molecule has 27 heavy (non-hydrogen) atoms. The molecule has 1 aliphatic rings. The second kappa shape index (κ2) is 9.64. The number of benzene rings is 1. The minimum Gasteiger partial charge on any atom is -0.379 e. The topological polar surface area (TPSA) is 70.7 Å². The number of nitrogens with zero attached hydrogens (tertiary/aromatic N) is 1. The van der Waals surface area contributed by atoms with Crippen molar-refractivity contribution in [3.63, 3.8) is 0 Å². The molecular formula is C20H25N3O3S. The van der Waals surface area contributed by atoms with Gasteiger partial charge in [-0.2, -0.15) is 0 Å². The summed E-state index contributed by atoms with van der Waals surface area (Å²) in [5.74, 6) is -1.22. The first-order valence-electron chi connectivity index (χ1n) is 9.13. The van der Waals surface area contributed by atoms with Gasteiger partial charge < -0.3 is 15.4 Å². The predicted octanol–water partition coefficient (Wildman–Crippen LogP) is 1.94. The van der Waals surface area contributed by atoms with Crippen LogP contribution in [0.4, 0.5) is 0 Å². The highest BCUT2D eigenvalue weighted by Gasteiger charge is 2.30. The quantitative estimate of drug-likeness (QED) is 0.744. The van der Waals surface area contributed by atoms with E-state index in [2.05, 4.69) is 21.6 Å². The Morgan fingerprint density at radius 2 is 1.85 bits per heavy atom. The molecule has 0 unspecified atom stereocenters. The molecule has 0 radical (unpaired) electrons. The fourth-order valence-corrected chi connectivity index (χ4v) is 4.23. The van der Waals surface area contributed by atoms with Crippen molar-refractivity contribution in [1.82, 2.24) is 15.5 Å². The summed E-state index contributed by atoms with van der Waals surface area (Å²) in [5, 5.41) is 7.58. The van der Waals surface area contributed by atoms with Crippen molar-refractivity contribution in [2.45, 2.75) is 25.6 Å². The van der Waals surface area contributed by atoms with Crippen molar-refractivity contribution < 1.29 is 14.3 Å². The van der Waals surface area contributed by atoms with Crippen LogP contribution in [0.15, 0.2) is 47.8 Å². The lowest BCUT2D eigenvalue weighted by Gasteiger charge is -2.37. The number of ether oxygens (including phenoxy) is 1. The molecule has 144 valence electrons. The van der Waals surface area contributed by atoms with Crippen molar-refractivity contribution in [3.05, 3.63) is 58.3 Å². The van der Waals surface area contributed by atoms with Crippen LogP contribution in [0.5, 0.6) is 0 Å². The standard InChI is InChI=1S/C20H25N3O3S/c1-15(18(17-8-5-13-27-17)23-9-11-26-12-10-23)22-20(25)19(24)21-14-16-6-3-2-4-7-16/h2-8,13,15,18H,9-12,14H2,1H3,(H,21,24)(H,22,25)/t15-,18-/m1/s1. The zero-order chi connectivity index (χ0) is 19.1. The van der Waals surface area contributed by atoms with Gasteiger partial charge in [-0.05, 0) is 23.9 Å². The zero-order valence-corrected chi connectivity index (χ0v) is 16.2. The van der Waals surface area contributed by atoms with Gasteiger partial charge >= 0.3 is 11.8 Å². The number of morpholine rings is 1. The minimum absolute atomic E-state index is 0.0276. The maximum Gasteiger partial charge on any atom is 0.309 e. The Labute approximate surface area is 163 Å². The fraction of sp³-hybridized carbons (Fsp3) is 0.400. The zero-order valence-electron chi connectivity index (χ0n) is 15.4. The fourth-order valence-electron chi connectivity index (χ4n) is 3.27. The van der Waals surface area contributed by atoms with E-state index in [0.29, 0.717) is 19.8 Å². The summed E-state index contributed by atoms with van der Waals surface area (Å²) in [7, 11) is 0. The van der Waals surface area contributed by atoms with Crippen LogP contribution >= 0.6 is 11.3 Å². The minimum atomic E-state index is -0.613. The van der Waals surface area contributed by atoms with Crippen LogP contribution in [0, 0.1) is 0 Å². The van der Waals surface area contributed by atoms with E-state index in [4.69, 9.17) is 4.74 Å². The Balaban J connectivity index is 1.59. The average Bonchev–Trinajstić information content (AvgIpc) is 3.22. The van der Waals surface area contributed by atoms with Crippen LogP contribution in [-0.2, 0) is 20.9 Å². The predicted molar refractivity (Wildman–Crippen MR) is 105 cm³/mol. The van der Waals surface area contributed by atoms with Crippen molar-refractivity contribution >= 4 is 23.2 Å². The third kappa shape index (κ3) is 5.38. The van der Waals surface area contributed by atoms with Gasteiger partial charge in [0.1, 0.15) is 0 Å². The second-order valence-corrected chi connectivity index (χ2v) is 7.52. The van der Waals surface area contributed by atoms with E-state index in [0.717, 1.165) is 18.7 Å². The molecule has 0 aliphatic carbocycles. The molecule has 2 atom stereocenters. The number of hydrogen-bond acceptors (Lipinski definition) is 5. The average molecular weight is 388 g/mol. The van der Waals surface area contributed by atoms with Crippen LogP contribution in [0.1, 0.15) is 23.4 Å². The largest absolute Gasteiger partial charge is 0.379 e. The van der Waals surface area contributed by atoms with Gasteiger partial charge in [0.2, 0.25) is 0 Å². The van der Waals surface area contributed by atoms with Crippen molar-refractivity contribution in [2.24, 2.45) is 0 Å². The van der Waals surface area contributed by atoms with Gasteiger partial charge in [0, 0.05) is 30.6 Å². The number of nitrogens with one attached hydrogen (secondary N) is 2. The molecule has 3 rings (SSSR count). The number of amides is 2. The van der Waals surface area contributed by atoms with E-state index in [1.807, 2.05) is 48.7 Å². The normalized spacial score (nSPS) is 17.1. The van der Waals surface area contributed by atoms with Gasteiger partial charge in [-0.25, -0.2) is 0 Å². The molecule has 1 saturated heterocycles. The Morgan fingerprint density at radius 3 is 2.52 bits per heavy atom. The summed E-state index contributed by atoms with van der Waals surface area (Å²) in [6, 6.07) is 13.4. The smallest absolute Gasteiger partial charge is 0.309 e. The Bertz CT molecular complexity index is 730. The van der Waals surface area contributed by atoms with E-state index in [9.17, 15) is 9.59 Å². The van der Waals surface area contributed by atoms with Gasteiger partial charge in [-0.3, -0.25) is 14.5 Å². The molecule has 0 spiro atoms. The Morgan fingerprint density at radius 1 is 1.11 bits per heavy atom. The van der Waals surface area contributed by atoms with Crippen molar-refractivity contribution in [2.75, 3.05) is 26.3 Å². The number of thiophene rings is 1. The first-order chi connectivity index (χ1) is 13.1. The lowest BCUT2D eigenvalue weighted by molar-refractivity contribution is -0.140. The lowest BCUT2D eigenvalue weighted by Crippen LogP contribution is -2.51. The molecule has 2 heterocycles. The highest BCUT2D eigenvalue weighted by atomic mass is 32.1. The summed E-state index contributed by atoms with van der Waals surface area (Å²) in [6.07, 6.45) is 0. The first kappa shape index (κ1) is 19.5. The molecule has 1 aromatic heterocycles. The van der Waals surface area contributed by atoms with E-state index in [-0.39, 0.29) is 12.1 Å². The van der Waals surface area contributed by atoms with Crippen molar-refractivity contribution in [3.8, 4) is 0 Å². The molecule has 1 aliphatic heterocycles. The molecule has 6 nitrogen and oxygen atoms in total. The molecule has 1 fully saturated rings. The Hall–Kier alpha value is -2.22. The van der Waals surface area contributed by atoms with Gasteiger partial charge in [0.25, 0.3) is 0 Å². The van der Waals surface area contributed by atoms with E-state index >= 15 is 0 Å². The summed E-state index contributed by atoms with van der Waals surface area (Å²) >= 11 is 1.66. The van der Waals surface area contributed by atoms with Crippen LogP contribution in [0.2, 0.25) is 0 Å². The van der Waals surface area contributed by atoms with Crippen LogP contribution in [0.3, 0.4) is 0 Å². The maximum atomic E-state index is 12.4. The Kier molecular flexibility index (Phi) is 6.98. The van der Waals surface area contributed by atoms with Gasteiger partial charge in [-0.1, -0.05) is 36.4 Å². The molecule has 0 saturated carbocycles. The van der Waals surface area contributed by atoms with Gasteiger partial charge in [0.15, 0.2) is 0 Å². The van der Waals surface area contributed by atoms with Crippen LogP contribution < -0.4 is 10.6 Å². The van der Waals surface area contributed by atoms with Crippen LogP contribution in [0.25, 0.3) is 0 Å². The van der Waals surface area contributed by atoms with Gasteiger partial charge in [0.05, 0.1) is 19.3 Å². The molecule has 7 heteroatoms. The number of carbonyl (C=O) groups is 2. The number of carbonyl (C=O) groups excluding carboxylic acids is 2. The second-order valence-electron chi connectivity index (χ2n) is 6.54. The molecule has 1 aromatic carbocycles. The SMILES string of the molecule is C[C@@H](NC(=O)C(=O)NCc1ccccc1)[C@H](c1cccs1)N1CCOCC1. The van der Waals surface area contributed by atoms with Gasteiger partial charge in [-0.15, -0.1) is 11.3 Å². The molecular weight excluding hydrogens is 362 g/mol. The molecule has 2 N–H and O–H groups in total. The van der Waals surface area contributed by atoms with Crippen molar-refractivity contribution in [1.29, 1.82) is 0 Å². The first-order valence-corrected chi connectivity index (χ1v) is 10.0. The van der Waals surface area contributed by atoms with E-state index in [1.54, 1.807) is 11.3 Å². The molecule has 2 amide bonds. The summed E-state index contributed by atoms with van der Waals surface area (Å²) in [4.78, 5) is 28.0. The number of rotatable bonds is 6. The molecule has 0 bridgehead atoms.